The monoisotopic (exact) mass is 380 g/mol. The van der Waals surface area contributed by atoms with Gasteiger partial charge in [0, 0.05) is 30.3 Å². The molecule has 0 aliphatic carbocycles. The summed E-state index contributed by atoms with van der Waals surface area (Å²) in [5.74, 6) is 0.601. The third-order valence-corrected chi connectivity index (χ3v) is 4.27. The van der Waals surface area contributed by atoms with Gasteiger partial charge in [0.1, 0.15) is 5.82 Å². The SMILES string of the molecule is CC(C)(C)C(=O)Nc1nc(OCCCCOC2CCCCO2)ccc1CO. The molecule has 0 spiro atoms. The second kappa shape index (κ2) is 10.6. The largest absolute Gasteiger partial charge is 0.478 e. The Labute approximate surface area is 161 Å². The summed E-state index contributed by atoms with van der Waals surface area (Å²) in [4.78, 5) is 16.5. The van der Waals surface area contributed by atoms with Crippen molar-refractivity contribution < 1.29 is 24.1 Å². The molecular weight excluding hydrogens is 348 g/mol. The molecule has 1 atom stereocenters. The number of pyridine rings is 1. The number of aromatic nitrogens is 1. The zero-order valence-electron chi connectivity index (χ0n) is 16.6. The number of nitrogens with zero attached hydrogens (tertiary/aromatic N) is 1. The van der Waals surface area contributed by atoms with E-state index in [1.807, 2.05) is 20.8 Å². The van der Waals surface area contributed by atoms with Crippen molar-refractivity contribution in [3.05, 3.63) is 17.7 Å². The van der Waals surface area contributed by atoms with E-state index in [4.69, 9.17) is 14.2 Å². The van der Waals surface area contributed by atoms with Crippen LogP contribution in [0.4, 0.5) is 5.82 Å². The highest BCUT2D eigenvalue weighted by molar-refractivity contribution is 5.94. The number of carbonyl (C=O) groups excluding carboxylic acids is 1. The summed E-state index contributed by atoms with van der Waals surface area (Å²) in [7, 11) is 0. The van der Waals surface area contributed by atoms with Crippen LogP contribution in [-0.2, 0) is 20.9 Å². The molecule has 2 N–H and O–H groups in total. The van der Waals surface area contributed by atoms with Gasteiger partial charge in [-0.25, -0.2) is 0 Å². The lowest BCUT2D eigenvalue weighted by atomic mass is 9.95. The van der Waals surface area contributed by atoms with Gasteiger partial charge in [0.15, 0.2) is 6.29 Å². The fourth-order valence-corrected chi connectivity index (χ4v) is 2.52. The third kappa shape index (κ3) is 7.44. The van der Waals surface area contributed by atoms with Crippen molar-refractivity contribution in [1.29, 1.82) is 0 Å². The minimum Gasteiger partial charge on any atom is -0.478 e. The van der Waals surface area contributed by atoms with Gasteiger partial charge in [0.25, 0.3) is 0 Å². The number of carbonyl (C=O) groups is 1. The van der Waals surface area contributed by atoms with Gasteiger partial charge in [-0.1, -0.05) is 20.8 Å². The van der Waals surface area contributed by atoms with Crippen LogP contribution in [-0.4, -0.2) is 42.1 Å². The van der Waals surface area contributed by atoms with E-state index in [0.717, 1.165) is 38.7 Å². The minimum atomic E-state index is -0.548. The Morgan fingerprint density at radius 2 is 2.07 bits per heavy atom. The fourth-order valence-electron chi connectivity index (χ4n) is 2.52. The van der Waals surface area contributed by atoms with Gasteiger partial charge in [-0.15, -0.1) is 0 Å². The van der Waals surface area contributed by atoms with Gasteiger partial charge < -0.3 is 24.6 Å². The molecule has 1 unspecified atom stereocenters. The van der Waals surface area contributed by atoms with Crippen LogP contribution in [0.15, 0.2) is 12.1 Å². The standard InChI is InChI=1S/C20H32N2O5/c1-20(2,3)19(24)22-18-15(14-23)9-10-16(21-18)25-11-6-7-13-27-17-8-4-5-12-26-17/h9-10,17,23H,4-8,11-14H2,1-3H3,(H,21,22,24). The van der Waals surface area contributed by atoms with E-state index < -0.39 is 5.41 Å². The summed E-state index contributed by atoms with van der Waals surface area (Å²) in [6.45, 7) is 7.21. The highest BCUT2D eigenvalue weighted by Crippen LogP contribution is 2.22. The van der Waals surface area contributed by atoms with Gasteiger partial charge in [-0.3, -0.25) is 4.79 Å². The number of aliphatic hydroxyl groups excluding tert-OH is 1. The number of ether oxygens (including phenoxy) is 3. The topological polar surface area (TPSA) is 89.9 Å². The van der Waals surface area contributed by atoms with Crippen molar-refractivity contribution in [3.63, 3.8) is 0 Å². The molecular formula is C20H32N2O5. The van der Waals surface area contributed by atoms with Crippen LogP contribution in [0.1, 0.15) is 58.4 Å². The number of anilines is 1. The molecule has 2 heterocycles. The molecule has 7 nitrogen and oxygen atoms in total. The number of nitrogens with one attached hydrogen (secondary N) is 1. The van der Waals surface area contributed by atoms with Crippen molar-refractivity contribution in [2.75, 3.05) is 25.1 Å². The van der Waals surface area contributed by atoms with Crippen LogP contribution >= 0.6 is 0 Å². The second-order valence-electron chi connectivity index (χ2n) is 7.74. The molecule has 1 aliphatic heterocycles. The summed E-state index contributed by atoms with van der Waals surface area (Å²) in [6.07, 6.45) is 4.91. The third-order valence-electron chi connectivity index (χ3n) is 4.27. The number of hydrogen-bond donors (Lipinski definition) is 2. The van der Waals surface area contributed by atoms with Gasteiger partial charge >= 0.3 is 0 Å². The van der Waals surface area contributed by atoms with E-state index in [0.29, 0.717) is 30.5 Å². The molecule has 152 valence electrons. The van der Waals surface area contributed by atoms with Crippen molar-refractivity contribution in [2.24, 2.45) is 5.41 Å². The van der Waals surface area contributed by atoms with Gasteiger partial charge in [-0.05, 0) is 38.2 Å². The number of hydrogen-bond acceptors (Lipinski definition) is 6. The van der Waals surface area contributed by atoms with Crippen molar-refractivity contribution >= 4 is 11.7 Å². The summed E-state index contributed by atoms with van der Waals surface area (Å²) < 4.78 is 16.9. The van der Waals surface area contributed by atoms with Gasteiger partial charge in [0.05, 0.1) is 13.2 Å². The zero-order valence-corrected chi connectivity index (χ0v) is 16.6. The molecule has 1 aromatic heterocycles. The van der Waals surface area contributed by atoms with E-state index >= 15 is 0 Å². The Morgan fingerprint density at radius 1 is 1.30 bits per heavy atom. The van der Waals surface area contributed by atoms with E-state index in [-0.39, 0.29) is 18.8 Å². The number of amides is 1. The molecule has 0 radical (unpaired) electrons. The number of aliphatic hydroxyl groups is 1. The Balaban J connectivity index is 1.75. The predicted octanol–water partition coefficient (Wildman–Crippen LogP) is 3.26. The minimum absolute atomic E-state index is 0.0543. The lowest BCUT2D eigenvalue weighted by Crippen LogP contribution is -2.28. The first-order chi connectivity index (χ1) is 12.9. The molecule has 0 saturated carbocycles. The summed E-state index contributed by atoms with van der Waals surface area (Å²) in [6, 6.07) is 3.41. The Bertz CT molecular complexity index is 595. The first-order valence-corrected chi connectivity index (χ1v) is 9.68. The maximum Gasteiger partial charge on any atom is 0.230 e. The molecule has 1 amide bonds. The maximum absolute atomic E-state index is 12.2. The van der Waals surface area contributed by atoms with Crippen LogP contribution in [0.3, 0.4) is 0 Å². The molecule has 0 aromatic carbocycles. The summed E-state index contributed by atoms with van der Waals surface area (Å²) in [5.41, 5.74) is 0.00803. The van der Waals surface area contributed by atoms with Gasteiger partial charge in [-0.2, -0.15) is 4.98 Å². The number of rotatable bonds is 9. The molecule has 1 fully saturated rings. The van der Waals surface area contributed by atoms with Crippen molar-refractivity contribution in [1.82, 2.24) is 4.98 Å². The lowest BCUT2D eigenvalue weighted by Gasteiger charge is -2.22. The van der Waals surface area contributed by atoms with Crippen LogP contribution in [0.25, 0.3) is 0 Å². The molecule has 1 aromatic rings. The fraction of sp³-hybridized carbons (Fsp3) is 0.700. The van der Waals surface area contributed by atoms with E-state index in [9.17, 15) is 9.90 Å². The Morgan fingerprint density at radius 3 is 2.74 bits per heavy atom. The lowest BCUT2D eigenvalue weighted by molar-refractivity contribution is -0.162. The molecule has 1 aliphatic rings. The quantitative estimate of drug-likeness (QED) is 0.639. The highest BCUT2D eigenvalue weighted by atomic mass is 16.7. The van der Waals surface area contributed by atoms with E-state index in [1.54, 1.807) is 12.1 Å². The molecule has 27 heavy (non-hydrogen) atoms. The second-order valence-corrected chi connectivity index (χ2v) is 7.74. The molecule has 1 saturated heterocycles. The first kappa shape index (κ1) is 21.6. The first-order valence-electron chi connectivity index (χ1n) is 9.68. The van der Waals surface area contributed by atoms with Crippen molar-refractivity contribution in [2.45, 2.75) is 65.8 Å². The smallest absolute Gasteiger partial charge is 0.230 e. The van der Waals surface area contributed by atoms with Crippen LogP contribution in [0.5, 0.6) is 5.88 Å². The van der Waals surface area contributed by atoms with E-state index in [1.165, 1.54) is 0 Å². The highest BCUT2D eigenvalue weighted by Gasteiger charge is 2.22. The maximum atomic E-state index is 12.2. The predicted molar refractivity (Wildman–Crippen MR) is 103 cm³/mol. The van der Waals surface area contributed by atoms with Gasteiger partial charge in [0.2, 0.25) is 11.8 Å². The van der Waals surface area contributed by atoms with Crippen LogP contribution < -0.4 is 10.1 Å². The summed E-state index contributed by atoms with van der Waals surface area (Å²) >= 11 is 0. The van der Waals surface area contributed by atoms with Crippen LogP contribution in [0, 0.1) is 5.41 Å². The van der Waals surface area contributed by atoms with Crippen LogP contribution in [0.2, 0.25) is 0 Å². The van der Waals surface area contributed by atoms with Crippen molar-refractivity contribution in [3.8, 4) is 5.88 Å². The zero-order chi connectivity index (χ0) is 19.7. The average molecular weight is 380 g/mol. The number of unbranched alkanes of at least 4 members (excludes halogenated alkanes) is 1. The van der Waals surface area contributed by atoms with E-state index in [2.05, 4.69) is 10.3 Å². The molecule has 0 bridgehead atoms. The molecule has 2 rings (SSSR count). The summed E-state index contributed by atoms with van der Waals surface area (Å²) in [5, 5.41) is 12.2. The Kier molecular flexibility index (Phi) is 8.47. The average Bonchev–Trinajstić information content (AvgIpc) is 2.65. The normalized spacial score (nSPS) is 17.6. The Hall–Kier alpha value is -1.70. The molecule has 7 heteroatoms.